The van der Waals surface area contributed by atoms with E-state index in [1.807, 2.05) is 6.92 Å². The molecule has 3 nitrogen and oxygen atoms in total. The summed E-state index contributed by atoms with van der Waals surface area (Å²) in [5.41, 5.74) is 5.56. The lowest BCUT2D eigenvalue weighted by molar-refractivity contribution is -0.122. The Kier molecular flexibility index (Phi) is 3.23. The number of rotatable bonds is 3. The summed E-state index contributed by atoms with van der Waals surface area (Å²) in [6.07, 6.45) is 1.56. The average Bonchev–Trinajstić information content (AvgIpc) is 2.34. The predicted molar refractivity (Wildman–Crippen MR) is 48.9 cm³/mol. The highest BCUT2D eigenvalue weighted by Crippen LogP contribution is 2.16. The molecule has 3 heteroatoms. The number of nitrogens with zero attached hydrogens (tertiary/aromatic N) is 1. The van der Waals surface area contributed by atoms with Crippen molar-refractivity contribution in [3.05, 3.63) is 0 Å². The van der Waals surface area contributed by atoms with Gasteiger partial charge in [-0.15, -0.1) is 0 Å². The van der Waals surface area contributed by atoms with Crippen LogP contribution in [0.3, 0.4) is 0 Å². The second-order valence-electron chi connectivity index (χ2n) is 3.90. The largest absolute Gasteiger partial charge is 0.328 e. The third-order valence-electron chi connectivity index (χ3n) is 2.37. The molecule has 2 unspecified atom stereocenters. The van der Waals surface area contributed by atoms with Gasteiger partial charge in [0.05, 0.1) is 0 Å². The summed E-state index contributed by atoms with van der Waals surface area (Å²) in [5.74, 6) is 0.593. The third kappa shape index (κ3) is 2.57. The minimum Gasteiger partial charge on any atom is -0.328 e. The van der Waals surface area contributed by atoms with Crippen LogP contribution in [0.25, 0.3) is 0 Å². The van der Waals surface area contributed by atoms with Crippen LogP contribution in [-0.2, 0) is 4.79 Å². The normalized spacial score (nSPS) is 27.4. The molecule has 0 amide bonds. The van der Waals surface area contributed by atoms with Crippen LogP contribution in [-0.4, -0.2) is 36.9 Å². The average molecular weight is 170 g/mol. The van der Waals surface area contributed by atoms with Gasteiger partial charge in [0.2, 0.25) is 0 Å². The fourth-order valence-electron chi connectivity index (χ4n) is 1.68. The van der Waals surface area contributed by atoms with Gasteiger partial charge in [-0.1, -0.05) is 0 Å². The van der Waals surface area contributed by atoms with Crippen LogP contribution < -0.4 is 5.73 Å². The van der Waals surface area contributed by atoms with Gasteiger partial charge in [-0.25, -0.2) is 0 Å². The molecule has 1 heterocycles. The number of carbonyl (C=O) groups is 1. The molecule has 70 valence electrons. The van der Waals surface area contributed by atoms with E-state index in [0.717, 1.165) is 19.5 Å². The maximum absolute atomic E-state index is 11.5. The van der Waals surface area contributed by atoms with Crippen molar-refractivity contribution in [3.63, 3.8) is 0 Å². The molecule has 0 radical (unpaired) electrons. The molecule has 2 N–H and O–H groups in total. The molecule has 0 saturated carbocycles. The molecule has 0 aromatic carbocycles. The van der Waals surface area contributed by atoms with Gasteiger partial charge in [-0.3, -0.25) is 4.79 Å². The van der Waals surface area contributed by atoms with Crippen molar-refractivity contribution in [1.29, 1.82) is 0 Å². The van der Waals surface area contributed by atoms with Crippen LogP contribution in [0.1, 0.15) is 19.8 Å². The lowest BCUT2D eigenvalue weighted by Gasteiger charge is -2.10. The molecule has 0 aliphatic carbocycles. The van der Waals surface area contributed by atoms with E-state index < -0.39 is 0 Å². The van der Waals surface area contributed by atoms with E-state index in [9.17, 15) is 4.79 Å². The standard InChI is InChI=1S/C9H18N2O/c1-7(10)5-9(12)8-3-4-11(2)6-8/h7-8H,3-6,10H2,1-2H3. The van der Waals surface area contributed by atoms with Crippen molar-refractivity contribution in [3.8, 4) is 0 Å². The van der Waals surface area contributed by atoms with Gasteiger partial charge >= 0.3 is 0 Å². The first kappa shape index (κ1) is 9.68. The van der Waals surface area contributed by atoms with Gasteiger partial charge in [-0.05, 0) is 26.9 Å². The number of hydrogen-bond donors (Lipinski definition) is 1. The number of hydrogen-bond acceptors (Lipinski definition) is 3. The molecule has 1 saturated heterocycles. The maximum Gasteiger partial charge on any atom is 0.138 e. The number of nitrogens with two attached hydrogens (primary N) is 1. The van der Waals surface area contributed by atoms with Crippen molar-refractivity contribution in [2.75, 3.05) is 20.1 Å². The zero-order chi connectivity index (χ0) is 9.14. The second kappa shape index (κ2) is 4.01. The Balaban J connectivity index is 2.33. The first-order valence-electron chi connectivity index (χ1n) is 4.56. The zero-order valence-electron chi connectivity index (χ0n) is 7.92. The Morgan fingerprint density at radius 1 is 1.75 bits per heavy atom. The van der Waals surface area contributed by atoms with Crippen LogP contribution >= 0.6 is 0 Å². The summed E-state index contributed by atoms with van der Waals surface area (Å²) >= 11 is 0. The zero-order valence-corrected chi connectivity index (χ0v) is 7.92. The quantitative estimate of drug-likeness (QED) is 0.660. The highest BCUT2D eigenvalue weighted by atomic mass is 16.1. The van der Waals surface area contributed by atoms with Gasteiger partial charge in [0.15, 0.2) is 0 Å². The fourth-order valence-corrected chi connectivity index (χ4v) is 1.68. The molecular weight excluding hydrogens is 152 g/mol. The molecule has 12 heavy (non-hydrogen) atoms. The Bertz CT molecular complexity index is 168. The number of Topliss-reactive ketones (excluding diaryl/α,β-unsaturated/α-hetero) is 1. The predicted octanol–water partition coefficient (Wildman–Crippen LogP) is 0.244. The van der Waals surface area contributed by atoms with Crippen LogP contribution in [0.5, 0.6) is 0 Å². The first-order valence-corrected chi connectivity index (χ1v) is 4.56. The van der Waals surface area contributed by atoms with Crippen molar-refractivity contribution < 1.29 is 4.79 Å². The Morgan fingerprint density at radius 3 is 2.83 bits per heavy atom. The lowest BCUT2D eigenvalue weighted by Crippen LogP contribution is -2.26. The van der Waals surface area contributed by atoms with E-state index in [1.165, 1.54) is 0 Å². The van der Waals surface area contributed by atoms with Crippen LogP contribution in [0.4, 0.5) is 0 Å². The molecule has 1 fully saturated rings. The van der Waals surface area contributed by atoms with Crippen molar-refractivity contribution in [1.82, 2.24) is 4.90 Å². The van der Waals surface area contributed by atoms with Crippen molar-refractivity contribution >= 4 is 5.78 Å². The summed E-state index contributed by atoms with van der Waals surface area (Å²) in [7, 11) is 2.05. The molecule has 0 spiro atoms. The summed E-state index contributed by atoms with van der Waals surface area (Å²) in [6.45, 7) is 3.86. The Morgan fingerprint density at radius 2 is 2.42 bits per heavy atom. The Labute approximate surface area is 73.9 Å². The van der Waals surface area contributed by atoms with Gasteiger partial charge in [0, 0.05) is 24.9 Å². The number of carbonyl (C=O) groups excluding carboxylic acids is 1. The summed E-state index contributed by atoms with van der Waals surface area (Å²) in [4.78, 5) is 13.7. The molecule has 2 atom stereocenters. The monoisotopic (exact) mass is 170 g/mol. The molecule has 1 aliphatic rings. The van der Waals surface area contributed by atoms with Gasteiger partial charge in [0.1, 0.15) is 5.78 Å². The van der Waals surface area contributed by atoms with Crippen molar-refractivity contribution in [2.45, 2.75) is 25.8 Å². The molecular formula is C9H18N2O. The van der Waals surface area contributed by atoms with Gasteiger partial charge in [0.25, 0.3) is 0 Å². The van der Waals surface area contributed by atoms with Gasteiger partial charge < -0.3 is 10.6 Å². The lowest BCUT2D eigenvalue weighted by atomic mass is 9.98. The molecule has 0 bridgehead atoms. The summed E-state index contributed by atoms with van der Waals surface area (Å²) in [6, 6.07) is 0.0170. The smallest absolute Gasteiger partial charge is 0.138 e. The van der Waals surface area contributed by atoms with Crippen LogP contribution in [0.15, 0.2) is 0 Å². The maximum atomic E-state index is 11.5. The number of ketones is 1. The van der Waals surface area contributed by atoms with Crippen LogP contribution in [0.2, 0.25) is 0 Å². The van der Waals surface area contributed by atoms with E-state index in [0.29, 0.717) is 12.2 Å². The van der Waals surface area contributed by atoms with Crippen LogP contribution in [0, 0.1) is 5.92 Å². The molecule has 0 aromatic heterocycles. The third-order valence-corrected chi connectivity index (χ3v) is 2.37. The minimum atomic E-state index is 0.0170. The van der Waals surface area contributed by atoms with E-state index >= 15 is 0 Å². The Hall–Kier alpha value is -0.410. The van der Waals surface area contributed by atoms with E-state index in [2.05, 4.69) is 11.9 Å². The second-order valence-corrected chi connectivity index (χ2v) is 3.90. The van der Waals surface area contributed by atoms with E-state index in [4.69, 9.17) is 5.73 Å². The fraction of sp³-hybridized carbons (Fsp3) is 0.889. The van der Waals surface area contributed by atoms with Gasteiger partial charge in [-0.2, -0.15) is 0 Å². The molecule has 1 aliphatic heterocycles. The summed E-state index contributed by atoms with van der Waals surface area (Å²) in [5, 5.41) is 0. The van der Waals surface area contributed by atoms with E-state index in [-0.39, 0.29) is 12.0 Å². The highest BCUT2D eigenvalue weighted by Gasteiger charge is 2.25. The summed E-state index contributed by atoms with van der Waals surface area (Å²) < 4.78 is 0. The van der Waals surface area contributed by atoms with E-state index in [1.54, 1.807) is 0 Å². The topological polar surface area (TPSA) is 46.3 Å². The van der Waals surface area contributed by atoms with Crippen molar-refractivity contribution in [2.24, 2.45) is 11.7 Å². The minimum absolute atomic E-state index is 0.0170. The molecule has 0 aromatic rings. The first-order chi connectivity index (χ1) is 5.59. The molecule has 1 rings (SSSR count). The number of likely N-dealkylation sites (tertiary alicyclic amines) is 1. The highest BCUT2D eigenvalue weighted by molar-refractivity contribution is 5.82. The SMILES string of the molecule is CC(N)CC(=O)C1CCN(C)C1.